The van der Waals surface area contributed by atoms with E-state index >= 15 is 0 Å². The number of hydrogen-bond donors (Lipinski definition) is 0. The Morgan fingerprint density at radius 2 is 1.50 bits per heavy atom. The summed E-state index contributed by atoms with van der Waals surface area (Å²) in [4.78, 5) is 18.0. The van der Waals surface area contributed by atoms with Gasteiger partial charge >= 0.3 is 58.2 Å². The molecular formula is C2H2NO2Rb. The van der Waals surface area contributed by atoms with Crippen LogP contribution in [0.5, 0.6) is 0 Å². The molecule has 0 aromatic heterocycles. The molecule has 0 aromatic carbocycles. The fraction of sp³-hybridized carbons (Fsp3) is 0. The number of carbonyl (C=O) groups excluding carboxylic acids is 2. The summed E-state index contributed by atoms with van der Waals surface area (Å²) in [5.41, 5.74) is 0. The molecule has 0 atom stereocenters. The van der Waals surface area contributed by atoms with Crippen molar-refractivity contribution in [3.63, 3.8) is 0 Å². The van der Waals surface area contributed by atoms with E-state index in [0.717, 1.165) is 0 Å². The minimum Gasteiger partial charge on any atom is -0.602 e. The first-order valence-electron chi connectivity index (χ1n) is 0.988. The summed E-state index contributed by atoms with van der Waals surface area (Å²) in [5, 5.41) is 2.61. The van der Waals surface area contributed by atoms with E-state index in [0.29, 0.717) is 0 Å². The smallest absolute Gasteiger partial charge is 0.602 e. The van der Waals surface area contributed by atoms with Crippen LogP contribution >= 0.6 is 0 Å². The minimum absolute atomic E-state index is 0. The molecule has 0 N–H and O–H groups in total. The van der Waals surface area contributed by atoms with Crippen LogP contribution in [0.3, 0.4) is 0 Å². The number of carbonyl (C=O) groups is 2. The van der Waals surface area contributed by atoms with Crippen LogP contribution in [-0.2, 0) is 9.59 Å². The minimum atomic E-state index is 0. The zero-order valence-corrected chi connectivity index (χ0v) is 8.33. The molecule has 0 unspecified atom stereocenters. The van der Waals surface area contributed by atoms with Gasteiger partial charge in [-0.25, -0.2) is 0 Å². The van der Waals surface area contributed by atoms with Crippen molar-refractivity contribution in [2.24, 2.45) is 0 Å². The molecule has 0 heterocycles. The van der Waals surface area contributed by atoms with Gasteiger partial charge in [0.15, 0.2) is 0 Å². The molecule has 2 amide bonds. The predicted octanol–water partition coefficient (Wildman–Crippen LogP) is -3.32. The van der Waals surface area contributed by atoms with Crippen molar-refractivity contribution in [2.75, 3.05) is 0 Å². The Morgan fingerprint density at radius 1 is 1.17 bits per heavy atom. The monoisotopic (exact) mass is 157 g/mol. The molecule has 0 saturated heterocycles. The number of amides is 2. The van der Waals surface area contributed by atoms with Crippen LogP contribution in [0.15, 0.2) is 0 Å². The molecule has 0 fully saturated rings. The van der Waals surface area contributed by atoms with Crippen molar-refractivity contribution in [3.8, 4) is 0 Å². The molecular weight excluding hydrogens is 155 g/mol. The third-order valence-corrected chi connectivity index (χ3v) is 0.122. The van der Waals surface area contributed by atoms with E-state index in [-0.39, 0.29) is 71.0 Å². The summed E-state index contributed by atoms with van der Waals surface area (Å²) in [6.07, 6.45) is 0.375. The average Bonchev–Trinajstić information content (AvgIpc) is 1.41. The standard InChI is InChI=1S/C2H3NO2.Rb/c4-1-3-2-5;/h1-2H,(H,3,4,5);/q;+1/p-1. The third-order valence-electron chi connectivity index (χ3n) is 0.122. The molecule has 6 heavy (non-hydrogen) atoms. The van der Waals surface area contributed by atoms with E-state index in [2.05, 4.69) is 5.32 Å². The Morgan fingerprint density at radius 3 is 1.50 bits per heavy atom. The summed E-state index contributed by atoms with van der Waals surface area (Å²) >= 11 is 0. The van der Waals surface area contributed by atoms with E-state index in [1.54, 1.807) is 0 Å². The SMILES string of the molecule is O=C[N-]C=O.[Rb+]. The molecule has 3 nitrogen and oxygen atoms in total. The van der Waals surface area contributed by atoms with Crippen LogP contribution in [0.4, 0.5) is 0 Å². The molecule has 0 aliphatic rings. The van der Waals surface area contributed by atoms with Crippen LogP contribution in [0.25, 0.3) is 5.32 Å². The van der Waals surface area contributed by atoms with E-state index in [9.17, 15) is 0 Å². The fourth-order valence-electron chi connectivity index (χ4n) is 0.0248. The van der Waals surface area contributed by atoms with Crippen LogP contribution in [0.2, 0.25) is 0 Å². The van der Waals surface area contributed by atoms with Crippen molar-refractivity contribution in [3.05, 3.63) is 5.32 Å². The second-order valence-electron chi connectivity index (χ2n) is 0.360. The van der Waals surface area contributed by atoms with Crippen LogP contribution in [-0.4, -0.2) is 12.8 Å². The van der Waals surface area contributed by atoms with Crippen molar-refractivity contribution < 1.29 is 67.8 Å². The number of hydrogen-bond acceptors (Lipinski definition) is 2. The van der Waals surface area contributed by atoms with Gasteiger partial charge in [-0.3, -0.25) is 0 Å². The number of imide groups is 1. The average molecular weight is 158 g/mol. The second-order valence-corrected chi connectivity index (χ2v) is 0.360. The van der Waals surface area contributed by atoms with Gasteiger partial charge in [0.1, 0.15) is 0 Å². The van der Waals surface area contributed by atoms with E-state index < -0.39 is 0 Å². The first kappa shape index (κ1) is 10.0. The summed E-state index contributed by atoms with van der Waals surface area (Å²) in [6.45, 7) is 0. The zero-order chi connectivity index (χ0) is 4.12. The van der Waals surface area contributed by atoms with Gasteiger partial charge in [-0.15, -0.1) is 0 Å². The molecule has 0 rings (SSSR count). The Hall–Kier alpha value is 0.945. The second kappa shape index (κ2) is 9.34. The number of nitrogens with zero attached hydrogens (tertiary/aromatic N) is 1. The van der Waals surface area contributed by atoms with Crippen molar-refractivity contribution >= 4 is 12.8 Å². The van der Waals surface area contributed by atoms with Gasteiger partial charge in [0.25, 0.3) is 0 Å². The van der Waals surface area contributed by atoms with E-state index in [1.165, 1.54) is 0 Å². The predicted molar refractivity (Wildman–Crippen MR) is 15.5 cm³/mol. The molecule has 0 aliphatic heterocycles. The first-order chi connectivity index (χ1) is 2.41. The molecule has 0 bridgehead atoms. The summed E-state index contributed by atoms with van der Waals surface area (Å²) in [5.74, 6) is 0. The maximum absolute atomic E-state index is 9.01. The van der Waals surface area contributed by atoms with Gasteiger partial charge < -0.3 is 14.9 Å². The van der Waals surface area contributed by atoms with Gasteiger partial charge in [-0.2, -0.15) is 0 Å². The summed E-state index contributed by atoms with van der Waals surface area (Å²) < 4.78 is 0. The largest absolute Gasteiger partial charge is 1.00 e. The molecule has 4 heteroatoms. The third kappa shape index (κ3) is 8.87. The Balaban J connectivity index is 0. The molecule has 0 radical (unpaired) electrons. The van der Waals surface area contributed by atoms with E-state index in [1.807, 2.05) is 0 Å². The van der Waals surface area contributed by atoms with Gasteiger partial charge in [-0.05, 0) is 0 Å². The number of rotatable bonds is 2. The molecule has 0 aromatic rings. The Kier molecular flexibility index (Phi) is 15.6. The van der Waals surface area contributed by atoms with Crippen LogP contribution in [0, 0.1) is 0 Å². The molecule has 0 saturated carbocycles. The van der Waals surface area contributed by atoms with Gasteiger partial charge in [0.2, 0.25) is 0 Å². The van der Waals surface area contributed by atoms with Crippen molar-refractivity contribution in [1.29, 1.82) is 0 Å². The maximum atomic E-state index is 9.01. The zero-order valence-electron chi connectivity index (χ0n) is 3.42. The topological polar surface area (TPSA) is 48.2 Å². The maximum Gasteiger partial charge on any atom is 1.00 e. The quantitative estimate of drug-likeness (QED) is 0.394. The first-order valence-corrected chi connectivity index (χ1v) is 0.988. The van der Waals surface area contributed by atoms with Crippen LogP contribution in [0.1, 0.15) is 0 Å². The van der Waals surface area contributed by atoms with Crippen LogP contribution < -0.4 is 58.2 Å². The fourth-order valence-corrected chi connectivity index (χ4v) is 0.0248. The Bertz CT molecular complexity index is 40.8. The van der Waals surface area contributed by atoms with Crippen molar-refractivity contribution in [2.45, 2.75) is 0 Å². The van der Waals surface area contributed by atoms with Gasteiger partial charge in [0, 0.05) is 12.8 Å². The normalized spacial score (nSPS) is 4.67. The molecule has 0 spiro atoms. The molecule has 28 valence electrons. The van der Waals surface area contributed by atoms with Crippen molar-refractivity contribution in [1.82, 2.24) is 0 Å². The molecule has 0 aliphatic carbocycles. The summed E-state index contributed by atoms with van der Waals surface area (Å²) in [7, 11) is 0. The summed E-state index contributed by atoms with van der Waals surface area (Å²) in [6, 6.07) is 0. The Labute approximate surface area is 84.3 Å². The van der Waals surface area contributed by atoms with Gasteiger partial charge in [0.05, 0.1) is 0 Å². The van der Waals surface area contributed by atoms with E-state index in [4.69, 9.17) is 9.59 Å². The van der Waals surface area contributed by atoms with Gasteiger partial charge in [-0.1, -0.05) is 0 Å².